The van der Waals surface area contributed by atoms with Crippen LogP contribution >= 0.6 is 0 Å². The number of rotatable bonds is 7. The third-order valence-electron chi connectivity index (χ3n) is 5.36. The van der Waals surface area contributed by atoms with Crippen molar-refractivity contribution in [2.75, 3.05) is 5.32 Å². The van der Waals surface area contributed by atoms with E-state index in [2.05, 4.69) is 25.7 Å². The van der Waals surface area contributed by atoms with E-state index in [4.69, 9.17) is 4.74 Å². The normalized spacial score (nSPS) is 10.9. The Labute approximate surface area is 196 Å². The summed E-state index contributed by atoms with van der Waals surface area (Å²) in [5.74, 6) is 2.33. The third-order valence-corrected chi connectivity index (χ3v) is 5.36. The maximum atomic E-state index is 12.9. The van der Waals surface area contributed by atoms with Crippen LogP contribution in [0.1, 0.15) is 21.5 Å². The fraction of sp³-hybridized carbons (Fsp3) is 0.120. The number of amides is 1. The standard InChI is InChI=1S/C25H23N7O2/c1-17-20(25(33)28-15-18-6-7-24-27-11-13-32(24)16-18)4-3-5-21(17)34-19-8-10-26-23(14-19)29-22-9-12-31(2)30-22/h3-14,16H,15H2,1-2H3,(H,28,33)(H,26,29,30). The average Bonchev–Trinajstić information content (AvgIpc) is 3.47. The smallest absolute Gasteiger partial charge is 0.251 e. The van der Waals surface area contributed by atoms with Gasteiger partial charge in [0, 0.05) is 67.8 Å². The van der Waals surface area contributed by atoms with Crippen LogP contribution in [0.5, 0.6) is 11.5 Å². The number of aromatic nitrogens is 5. The van der Waals surface area contributed by atoms with Crippen molar-refractivity contribution in [2.45, 2.75) is 13.5 Å². The van der Waals surface area contributed by atoms with Gasteiger partial charge in [0.1, 0.15) is 23.0 Å². The number of ether oxygens (including phenoxy) is 1. The van der Waals surface area contributed by atoms with Crippen LogP contribution in [0.15, 0.2) is 79.5 Å². The van der Waals surface area contributed by atoms with Crippen LogP contribution in [-0.4, -0.2) is 30.1 Å². The lowest BCUT2D eigenvalue weighted by molar-refractivity contribution is 0.0950. The van der Waals surface area contributed by atoms with Crippen molar-refractivity contribution in [1.29, 1.82) is 0 Å². The zero-order valence-electron chi connectivity index (χ0n) is 18.8. The number of benzene rings is 1. The summed E-state index contributed by atoms with van der Waals surface area (Å²) >= 11 is 0. The molecule has 0 radical (unpaired) electrons. The number of anilines is 2. The van der Waals surface area contributed by atoms with Crippen molar-refractivity contribution < 1.29 is 9.53 Å². The maximum Gasteiger partial charge on any atom is 0.251 e. The highest BCUT2D eigenvalue weighted by atomic mass is 16.5. The third kappa shape index (κ3) is 4.58. The minimum Gasteiger partial charge on any atom is -0.457 e. The summed E-state index contributed by atoms with van der Waals surface area (Å²) in [7, 11) is 1.85. The number of pyridine rings is 2. The van der Waals surface area contributed by atoms with E-state index in [1.165, 1.54) is 0 Å². The Morgan fingerprint density at radius 2 is 1.94 bits per heavy atom. The number of nitrogens with one attached hydrogen (secondary N) is 2. The van der Waals surface area contributed by atoms with Gasteiger partial charge in [0.05, 0.1) is 0 Å². The zero-order valence-corrected chi connectivity index (χ0v) is 18.8. The number of carbonyl (C=O) groups is 1. The molecule has 170 valence electrons. The Balaban J connectivity index is 1.28. The van der Waals surface area contributed by atoms with Gasteiger partial charge in [0.2, 0.25) is 0 Å². The summed E-state index contributed by atoms with van der Waals surface area (Å²) in [5.41, 5.74) is 3.15. The van der Waals surface area contributed by atoms with Gasteiger partial charge in [0.15, 0.2) is 5.82 Å². The number of hydrogen-bond donors (Lipinski definition) is 2. The summed E-state index contributed by atoms with van der Waals surface area (Å²) in [6.07, 6.45) is 9.08. The van der Waals surface area contributed by atoms with Crippen molar-refractivity contribution in [3.8, 4) is 11.5 Å². The summed E-state index contributed by atoms with van der Waals surface area (Å²) in [5, 5.41) is 10.4. The average molecular weight is 454 g/mol. The van der Waals surface area contributed by atoms with Crippen molar-refractivity contribution in [3.63, 3.8) is 0 Å². The molecule has 34 heavy (non-hydrogen) atoms. The van der Waals surface area contributed by atoms with Crippen LogP contribution in [-0.2, 0) is 13.6 Å². The molecule has 5 aromatic rings. The van der Waals surface area contributed by atoms with Crippen molar-refractivity contribution in [2.24, 2.45) is 7.05 Å². The first-order valence-electron chi connectivity index (χ1n) is 10.8. The first-order valence-corrected chi connectivity index (χ1v) is 10.8. The number of hydrogen-bond acceptors (Lipinski definition) is 6. The van der Waals surface area contributed by atoms with E-state index in [-0.39, 0.29) is 5.91 Å². The predicted octanol–water partition coefficient (Wildman–Crippen LogP) is 4.24. The molecule has 2 N–H and O–H groups in total. The lowest BCUT2D eigenvalue weighted by Gasteiger charge is -2.13. The molecule has 0 aliphatic heterocycles. The molecular formula is C25H23N7O2. The zero-order chi connectivity index (χ0) is 23.5. The molecule has 0 atom stereocenters. The highest BCUT2D eigenvalue weighted by Crippen LogP contribution is 2.28. The molecule has 1 aromatic carbocycles. The Morgan fingerprint density at radius 3 is 2.79 bits per heavy atom. The van der Waals surface area contributed by atoms with Gasteiger partial charge >= 0.3 is 0 Å². The maximum absolute atomic E-state index is 12.9. The Kier molecular flexibility index (Phi) is 5.65. The molecule has 0 fully saturated rings. The molecule has 5 rings (SSSR count). The van der Waals surface area contributed by atoms with Crippen molar-refractivity contribution >= 4 is 23.2 Å². The molecule has 4 heterocycles. The van der Waals surface area contributed by atoms with Gasteiger partial charge in [-0.25, -0.2) is 9.97 Å². The Bertz CT molecular complexity index is 1470. The molecule has 1 amide bonds. The molecule has 4 aromatic heterocycles. The number of imidazole rings is 1. The van der Waals surface area contributed by atoms with E-state index in [1.54, 1.807) is 35.3 Å². The molecule has 0 saturated carbocycles. The number of fused-ring (bicyclic) bond motifs is 1. The molecule has 0 spiro atoms. The summed E-state index contributed by atoms with van der Waals surface area (Å²) in [6, 6.07) is 14.7. The van der Waals surface area contributed by atoms with E-state index in [0.717, 1.165) is 16.8 Å². The number of aryl methyl sites for hydroxylation is 1. The van der Waals surface area contributed by atoms with E-state index < -0.39 is 0 Å². The molecular weight excluding hydrogens is 430 g/mol. The topological polar surface area (TPSA) is 98.4 Å². The molecule has 9 heteroatoms. The molecule has 9 nitrogen and oxygen atoms in total. The van der Waals surface area contributed by atoms with Crippen LogP contribution in [0.3, 0.4) is 0 Å². The second-order valence-corrected chi connectivity index (χ2v) is 7.82. The number of carbonyl (C=O) groups excluding carboxylic acids is 1. The largest absolute Gasteiger partial charge is 0.457 e. The quantitative estimate of drug-likeness (QED) is 0.383. The summed E-state index contributed by atoms with van der Waals surface area (Å²) < 4.78 is 9.72. The van der Waals surface area contributed by atoms with Crippen LogP contribution < -0.4 is 15.4 Å². The summed E-state index contributed by atoms with van der Waals surface area (Å²) in [4.78, 5) is 21.4. The lowest BCUT2D eigenvalue weighted by atomic mass is 10.1. The molecule has 0 bridgehead atoms. The van der Waals surface area contributed by atoms with Gasteiger partial charge in [-0.1, -0.05) is 12.1 Å². The SMILES string of the molecule is Cc1c(Oc2ccnc(Nc3ccn(C)n3)c2)cccc1C(=O)NCc1ccc2nccn2c1. The highest BCUT2D eigenvalue weighted by Gasteiger charge is 2.13. The second-order valence-electron chi connectivity index (χ2n) is 7.82. The predicted molar refractivity (Wildman–Crippen MR) is 128 cm³/mol. The van der Waals surface area contributed by atoms with E-state index >= 15 is 0 Å². The Hall–Kier alpha value is -4.66. The minimum atomic E-state index is -0.166. The van der Waals surface area contributed by atoms with E-state index in [9.17, 15) is 4.79 Å². The Morgan fingerprint density at radius 1 is 1.03 bits per heavy atom. The monoisotopic (exact) mass is 453 g/mol. The molecule has 0 aliphatic rings. The van der Waals surface area contributed by atoms with Crippen LogP contribution in [0, 0.1) is 6.92 Å². The molecule has 0 unspecified atom stereocenters. The number of nitrogens with zero attached hydrogens (tertiary/aromatic N) is 5. The van der Waals surface area contributed by atoms with Gasteiger partial charge in [-0.3, -0.25) is 9.48 Å². The highest BCUT2D eigenvalue weighted by molar-refractivity contribution is 5.96. The van der Waals surface area contributed by atoms with Gasteiger partial charge < -0.3 is 19.8 Å². The van der Waals surface area contributed by atoms with Crippen LogP contribution in [0.4, 0.5) is 11.6 Å². The van der Waals surface area contributed by atoms with E-state index in [0.29, 0.717) is 35.2 Å². The first kappa shape index (κ1) is 21.2. The van der Waals surface area contributed by atoms with Gasteiger partial charge in [-0.05, 0) is 36.8 Å². The molecule has 0 saturated heterocycles. The van der Waals surface area contributed by atoms with Gasteiger partial charge in [0.25, 0.3) is 5.91 Å². The van der Waals surface area contributed by atoms with Gasteiger partial charge in [-0.15, -0.1) is 0 Å². The van der Waals surface area contributed by atoms with Crippen molar-refractivity contribution in [1.82, 2.24) is 29.5 Å². The fourth-order valence-corrected chi connectivity index (χ4v) is 3.60. The van der Waals surface area contributed by atoms with E-state index in [1.807, 2.05) is 67.3 Å². The van der Waals surface area contributed by atoms with Gasteiger partial charge in [-0.2, -0.15) is 5.10 Å². The molecule has 0 aliphatic carbocycles. The minimum absolute atomic E-state index is 0.166. The summed E-state index contributed by atoms with van der Waals surface area (Å²) in [6.45, 7) is 2.28. The second kappa shape index (κ2) is 9.07. The first-order chi connectivity index (χ1) is 16.5. The van der Waals surface area contributed by atoms with Crippen molar-refractivity contribution in [3.05, 3.63) is 96.2 Å². The van der Waals surface area contributed by atoms with Crippen LogP contribution in [0.25, 0.3) is 5.65 Å². The lowest BCUT2D eigenvalue weighted by Crippen LogP contribution is -2.23. The van der Waals surface area contributed by atoms with Crippen LogP contribution in [0.2, 0.25) is 0 Å². The fourth-order valence-electron chi connectivity index (χ4n) is 3.60.